The van der Waals surface area contributed by atoms with E-state index in [4.69, 9.17) is 4.74 Å². The maximum atomic E-state index is 5.93. The number of thiophene rings is 2. The lowest BCUT2D eigenvalue weighted by molar-refractivity contribution is 0.412. The van der Waals surface area contributed by atoms with Crippen LogP contribution < -0.4 is 4.74 Å². The standard InChI is InChI=1S/C24H14OS2/c1-11-9-16-15-10-17(25-2)22-21-13(7-8-14(19(15)21)23(16)26-11)20-12-5-3-4-6-18(12)27-24(20)22/h3-10H,1-2H3. The van der Waals surface area contributed by atoms with Crippen LogP contribution in [0.15, 0.2) is 48.5 Å². The molecule has 3 aromatic carbocycles. The molecule has 0 N–H and O–H groups in total. The van der Waals surface area contributed by atoms with Gasteiger partial charge in [-0.1, -0.05) is 30.3 Å². The molecule has 2 aliphatic rings. The van der Waals surface area contributed by atoms with Gasteiger partial charge in [0.1, 0.15) is 5.75 Å². The molecule has 27 heavy (non-hydrogen) atoms. The van der Waals surface area contributed by atoms with E-state index in [1.165, 1.54) is 66.1 Å². The molecule has 0 fully saturated rings. The van der Waals surface area contributed by atoms with Gasteiger partial charge in [-0.15, -0.1) is 22.7 Å². The van der Waals surface area contributed by atoms with Gasteiger partial charge < -0.3 is 4.74 Å². The highest BCUT2D eigenvalue weighted by molar-refractivity contribution is 7.17. The van der Waals surface area contributed by atoms with E-state index in [1.54, 1.807) is 7.11 Å². The van der Waals surface area contributed by atoms with E-state index in [0.717, 1.165) is 5.75 Å². The van der Waals surface area contributed by atoms with Crippen LogP contribution >= 0.6 is 22.7 Å². The van der Waals surface area contributed by atoms with Gasteiger partial charge in [-0.3, -0.25) is 0 Å². The molecule has 0 saturated carbocycles. The maximum absolute atomic E-state index is 5.93. The molecule has 0 spiro atoms. The lowest BCUT2D eigenvalue weighted by atomic mass is 10.0. The first-order chi connectivity index (χ1) is 13.3. The Kier molecular flexibility index (Phi) is 2.47. The molecular weight excluding hydrogens is 368 g/mol. The fraction of sp³-hybridized carbons (Fsp3) is 0.0833. The first-order valence-electron chi connectivity index (χ1n) is 9.07. The van der Waals surface area contributed by atoms with Crippen molar-refractivity contribution in [3.63, 3.8) is 0 Å². The second-order valence-corrected chi connectivity index (χ2v) is 9.62. The van der Waals surface area contributed by atoms with Gasteiger partial charge in [0, 0.05) is 50.3 Å². The number of ether oxygens (including phenoxy) is 1. The van der Waals surface area contributed by atoms with Gasteiger partial charge in [0.15, 0.2) is 0 Å². The molecule has 2 heterocycles. The van der Waals surface area contributed by atoms with E-state index < -0.39 is 0 Å². The van der Waals surface area contributed by atoms with E-state index in [2.05, 4.69) is 55.5 Å². The number of hydrogen-bond donors (Lipinski definition) is 0. The van der Waals surface area contributed by atoms with Crippen molar-refractivity contribution >= 4 is 43.5 Å². The lowest BCUT2D eigenvalue weighted by Gasteiger charge is -2.05. The summed E-state index contributed by atoms with van der Waals surface area (Å²) in [6.07, 6.45) is 0. The first kappa shape index (κ1) is 14.4. The molecule has 0 amide bonds. The third-order valence-electron chi connectivity index (χ3n) is 5.95. The predicted molar refractivity (Wildman–Crippen MR) is 112 cm³/mol. The van der Waals surface area contributed by atoms with Gasteiger partial charge in [0.2, 0.25) is 0 Å². The van der Waals surface area contributed by atoms with Crippen molar-refractivity contribution < 1.29 is 4.74 Å². The van der Waals surface area contributed by atoms with Crippen molar-refractivity contribution in [2.75, 3.05) is 7.11 Å². The van der Waals surface area contributed by atoms with Crippen LogP contribution in [0.2, 0.25) is 0 Å². The van der Waals surface area contributed by atoms with Crippen molar-refractivity contribution in [2.45, 2.75) is 6.92 Å². The summed E-state index contributed by atoms with van der Waals surface area (Å²) in [7, 11) is 1.80. The number of hydrogen-bond acceptors (Lipinski definition) is 3. The van der Waals surface area contributed by atoms with Gasteiger partial charge in [0.05, 0.1) is 7.11 Å². The minimum Gasteiger partial charge on any atom is -0.496 e. The number of fused-ring (bicyclic) bond motifs is 4. The van der Waals surface area contributed by atoms with E-state index >= 15 is 0 Å². The van der Waals surface area contributed by atoms with Crippen LogP contribution in [-0.2, 0) is 0 Å². The van der Waals surface area contributed by atoms with Crippen LogP contribution in [0.25, 0.3) is 20.9 Å². The van der Waals surface area contributed by atoms with Crippen LogP contribution in [0.4, 0.5) is 0 Å². The number of benzene rings is 3. The third kappa shape index (κ3) is 1.54. The molecule has 3 heteroatoms. The molecule has 2 aromatic heterocycles. The van der Waals surface area contributed by atoms with Crippen LogP contribution in [0.3, 0.4) is 0 Å². The van der Waals surface area contributed by atoms with Gasteiger partial charge >= 0.3 is 0 Å². The monoisotopic (exact) mass is 382 g/mol. The summed E-state index contributed by atoms with van der Waals surface area (Å²) in [5.41, 5.74) is 0. The highest BCUT2D eigenvalue weighted by Crippen LogP contribution is 2.39. The highest BCUT2D eigenvalue weighted by Gasteiger charge is 2.19. The molecule has 128 valence electrons. The fourth-order valence-corrected chi connectivity index (χ4v) is 7.27. The van der Waals surface area contributed by atoms with Gasteiger partial charge in [-0.2, -0.15) is 0 Å². The Morgan fingerprint density at radius 1 is 0.741 bits per heavy atom. The van der Waals surface area contributed by atoms with Gasteiger partial charge in [-0.05, 0) is 40.9 Å². The minimum absolute atomic E-state index is 0.998. The molecule has 2 aliphatic carbocycles. The zero-order valence-corrected chi connectivity index (χ0v) is 16.5. The fourth-order valence-electron chi connectivity index (χ4n) is 4.94. The average molecular weight is 383 g/mol. The Morgan fingerprint density at radius 2 is 1.59 bits per heavy atom. The summed E-state index contributed by atoms with van der Waals surface area (Å²) in [5.74, 6) is 0.998. The van der Waals surface area contributed by atoms with Crippen molar-refractivity contribution in [1.82, 2.24) is 0 Å². The molecule has 5 aromatic rings. The molecular formula is C24H14OS2. The molecule has 0 unspecified atom stereocenters. The molecule has 0 saturated heterocycles. The molecule has 0 radical (unpaired) electrons. The van der Waals surface area contributed by atoms with Gasteiger partial charge in [0.25, 0.3) is 0 Å². The van der Waals surface area contributed by atoms with Gasteiger partial charge in [-0.25, -0.2) is 0 Å². The summed E-state index contributed by atoms with van der Waals surface area (Å²) in [6.45, 7) is 2.20. The van der Waals surface area contributed by atoms with E-state index in [9.17, 15) is 0 Å². The summed E-state index contributed by atoms with van der Waals surface area (Å²) in [6, 6.07) is 18.0. The minimum atomic E-state index is 0.998. The number of rotatable bonds is 1. The number of aryl methyl sites for hydroxylation is 1. The first-order valence-corrected chi connectivity index (χ1v) is 10.7. The maximum Gasteiger partial charge on any atom is 0.128 e. The van der Waals surface area contributed by atoms with Crippen LogP contribution in [-0.4, -0.2) is 7.11 Å². The molecule has 7 rings (SSSR count). The summed E-state index contributed by atoms with van der Waals surface area (Å²) in [5, 5.41) is 12.3. The Hall–Kier alpha value is -2.62. The van der Waals surface area contributed by atoms with Crippen LogP contribution in [0.5, 0.6) is 5.75 Å². The van der Waals surface area contributed by atoms with Crippen molar-refractivity contribution in [1.29, 1.82) is 0 Å². The molecule has 0 atom stereocenters. The molecule has 0 bridgehead atoms. The van der Waals surface area contributed by atoms with E-state index in [0.29, 0.717) is 0 Å². The summed E-state index contributed by atoms with van der Waals surface area (Å²) >= 11 is 3.79. The van der Waals surface area contributed by atoms with E-state index in [1.807, 2.05) is 22.7 Å². The zero-order chi connectivity index (χ0) is 17.9. The normalized spacial score (nSPS) is 12.8. The zero-order valence-electron chi connectivity index (χ0n) is 14.8. The highest BCUT2D eigenvalue weighted by atomic mass is 32.1. The Balaban J connectivity index is 1.98. The predicted octanol–water partition coefficient (Wildman–Crippen LogP) is 6.21. The lowest BCUT2D eigenvalue weighted by Crippen LogP contribution is -1.88. The van der Waals surface area contributed by atoms with E-state index in [-0.39, 0.29) is 0 Å². The number of methoxy groups -OCH3 is 1. The SMILES string of the molecule is COc1cc2c3c(ccc4c3c1=c1sc3ccccc3c1=4)=c1sc(C)cc1=2. The van der Waals surface area contributed by atoms with Crippen LogP contribution in [0, 0.1) is 47.3 Å². The van der Waals surface area contributed by atoms with Crippen molar-refractivity contribution in [3.8, 4) is 5.75 Å². The molecule has 1 nitrogen and oxygen atoms in total. The molecule has 0 aliphatic heterocycles. The summed E-state index contributed by atoms with van der Waals surface area (Å²) in [4.78, 5) is 1.37. The Morgan fingerprint density at radius 3 is 2.48 bits per heavy atom. The van der Waals surface area contributed by atoms with Crippen molar-refractivity contribution in [2.24, 2.45) is 0 Å². The Labute approximate surface area is 161 Å². The largest absolute Gasteiger partial charge is 0.496 e. The third-order valence-corrected chi connectivity index (χ3v) is 8.22. The van der Waals surface area contributed by atoms with Crippen molar-refractivity contribution in [3.05, 3.63) is 93.8 Å². The summed E-state index contributed by atoms with van der Waals surface area (Å²) < 4.78 is 10.0. The second-order valence-electron chi connectivity index (χ2n) is 7.31. The Bertz CT molecular complexity index is 1880. The average Bonchev–Trinajstić information content (AvgIpc) is 3.39. The second kappa shape index (κ2) is 4.61. The quantitative estimate of drug-likeness (QED) is 0.328. The van der Waals surface area contributed by atoms with Crippen LogP contribution in [0.1, 0.15) is 4.88 Å². The topological polar surface area (TPSA) is 9.23 Å². The smallest absolute Gasteiger partial charge is 0.128 e.